The van der Waals surface area contributed by atoms with Crippen LogP contribution in [-0.4, -0.2) is 21.0 Å². The highest BCUT2D eigenvalue weighted by molar-refractivity contribution is 6.33. The van der Waals surface area contributed by atoms with Gasteiger partial charge < -0.3 is 9.84 Å². The standard InChI is InChI=1S/C9H7ClN4O2/c10-7-1-2-11-3-6(7)9(15)12-4-8-13-5-16-14-8/h1-3,5H,4H2,(H,12,15). The van der Waals surface area contributed by atoms with E-state index in [2.05, 4.69) is 25.0 Å². The summed E-state index contributed by atoms with van der Waals surface area (Å²) in [5.41, 5.74) is 0.313. The van der Waals surface area contributed by atoms with Crippen molar-refractivity contribution in [2.24, 2.45) is 0 Å². The van der Waals surface area contributed by atoms with Gasteiger partial charge in [-0.25, -0.2) is 0 Å². The van der Waals surface area contributed by atoms with Crippen LogP contribution in [0.15, 0.2) is 29.4 Å². The molecule has 0 unspecified atom stereocenters. The van der Waals surface area contributed by atoms with Crippen LogP contribution < -0.4 is 5.32 Å². The second-order valence-electron chi connectivity index (χ2n) is 2.89. The zero-order chi connectivity index (χ0) is 11.4. The Morgan fingerprint density at radius 2 is 2.44 bits per heavy atom. The Balaban J connectivity index is 2.01. The third kappa shape index (κ3) is 2.34. The highest BCUT2D eigenvalue weighted by atomic mass is 35.5. The van der Waals surface area contributed by atoms with Gasteiger partial charge in [-0.2, -0.15) is 4.98 Å². The molecule has 0 aliphatic carbocycles. The van der Waals surface area contributed by atoms with Crippen molar-refractivity contribution in [3.05, 3.63) is 41.3 Å². The Hall–Kier alpha value is -1.95. The normalized spacial score (nSPS) is 10.1. The minimum Gasteiger partial charge on any atom is -0.345 e. The summed E-state index contributed by atoms with van der Waals surface area (Å²) in [4.78, 5) is 19.2. The van der Waals surface area contributed by atoms with Gasteiger partial charge in [0.15, 0.2) is 5.82 Å². The topological polar surface area (TPSA) is 80.9 Å². The number of halogens is 1. The number of amides is 1. The number of nitrogens with one attached hydrogen (secondary N) is 1. The van der Waals surface area contributed by atoms with Crippen LogP contribution in [0, 0.1) is 0 Å². The molecule has 2 aromatic rings. The van der Waals surface area contributed by atoms with E-state index in [1.54, 1.807) is 6.07 Å². The van der Waals surface area contributed by atoms with Crippen molar-refractivity contribution in [3.8, 4) is 0 Å². The zero-order valence-electron chi connectivity index (χ0n) is 8.05. The van der Waals surface area contributed by atoms with E-state index in [9.17, 15) is 4.79 Å². The molecule has 0 saturated heterocycles. The molecule has 0 atom stereocenters. The molecule has 1 N–H and O–H groups in total. The van der Waals surface area contributed by atoms with Crippen LogP contribution in [0.2, 0.25) is 5.02 Å². The molecule has 0 radical (unpaired) electrons. The predicted molar refractivity (Wildman–Crippen MR) is 54.7 cm³/mol. The van der Waals surface area contributed by atoms with Crippen LogP contribution in [0.25, 0.3) is 0 Å². The van der Waals surface area contributed by atoms with Gasteiger partial charge in [-0.1, -0.05) is 16.8 Å². The van der Waals surface area contributed by atoms with E-state index < -0.39 is 0 Å². The van der Waals surface area contributed by atoms with E-state index in [1.807, 2.05) is 0 Å². The van der Waals surface area contributed by atoms with Crippen LogP contribution in [0.5, 0.6) is 0 Å². The van der Waals surface area contributed by atoms with E-state index in [4.69, 9.17) is 11.6 Å². The smallest absolute Gasteiger partial charge is 0.254 e. The molecule has 7 heteroatoms. The molecule has 1 amide bonds. The fraction of sp³-hybridized carbons (Fsp3) is 0.111. The molecule has 2 aromatic heterocycles. The van der Waals surface area contributed by atoms with Gasteiger partial charge in [0.1, 0.15) is 0 Å². The van der Waals surface area contributed by atoms with Crippen molar-refractivity contribution < 1.29 is 9.32 Å². The molecule has 16 heavy (non-hydrogen) atoms. The fourth-order valence-electron chi connectivity index (χ4n) is 1.07. The summed E-state index contributed by atoms with van der Waals surface area (Å²) in [5.74, 6) is 0.0660. The predicted octanol–water partition coefficient (Wildman–Crippen LogP) is 1.05. The lowest BCUT2D eigenvalue weighted by Gasteiger charge is -2.03. The molecule has 2 heterocycles. The molecule has 0 spiro atoms. The van der Waals surface area contributed by atoms with E-state index in [0.717, 1.165) is 0 Å². The molecule has 0 saturated carbocycles. The van der Waals surface area contributed by atoms with E-state index in [1.165, 1.54) is 18.8 Å². The van der Waals surface area contributed by atoms with Gasteiger partial charge in [-0.3, -0.25) is 9.78 Å². The molecule has 0 aliphatic heterocycles. The number of pyridine rings is 1. The summed E-state index contributed by atoms with van der Waals surface area (Å²) in [6.45, 7) is 0.181. The van der Waals surface area contributed by atoms with Gasteiger partial charge >= 0.3 is 0 Å². The highest BCUT2D eigenvalue weighted by Gasteiger charge is 2.10. The molecule has 0 fully saturated rings. The Labute approximate surface area is 95.6 Å². The quantitative estimate of drug-likeness (QED) is 0.864. The number of aromatic nitrogens is 3. The first kappa shape index (κ1) is 10.6. The largest absolute Gasteiger partial charge is 0.345 e. The summed E-state index contributed by atoms with van der Waals surface area (Å²) < 4.78 is 4.53. The van der Waals surface area contributed by atoms with Crippen molar-refractivity contribution in [2.75, 3.05) is 0 Å². The number of hydrogen-bond donors (Lipinski definition) is 1. The first-order chi connectivity index (χ1) is 7.77. The van der Waals surface area contributed by atoms with Crippen molar-refractivity contribution in [1.29, 1.82) is 0 Å². The van der Waals surface area contributed by atoms with Crippen molar-refractivity contribution in [2.45, 2.75) is 6.54 Å². The Morgan fingerprint density at radius 1 is 1.56 bits per heavy atom. The molecule has 82 valence electrons. The molecule has 6 nitrogen and oxygen atoms in total. The van der Waals surface area contributed by atoms with Crippen LogP contribution in [0.1, 0.15) is 16.2 Å². The lowest BCUT2D eigenvalue weighted by atomic mass is 10.2. The maximum atomic E-state index is 11.6. The second kappa shape index (κ2) is 4.71. The minimum atomic E-state index is -0.331. The first-order valence-corrected chi connectivity index (χ1v) is 4.78. The third-order valence-corrected chi connectivity index (χ3v) is 2.16. The SMILES string of the molecule is O=C(NCc1ncon1)c1cnccc1Cl. The number of carbonyl (C=O) groups is 1. The summed E-state index contributed by atoms with van der Waals surface area (Å²) in [6.07, 6.45) is 4.10. The zero-order valence-corrected chi connectivity index (χ0v) is 8.81. The monoisotopic (exact) mass is 238 g/mol. The van der Waals surface area contributed by atoms with E-state index in [-0.39, 0.29) is 12.5 Å². The average molecular weight is 239 g/mol. The Bertz CT molecular complexity index is 486. The van der Waals surface area contributed by atoms with Crippen LogP contribution in [0.3, 0.4) is 0 Å². The van der Waals surface area contributed by atoms with Gasteiger partial charge in [-0.05, 0) is 6.07 Å². The lowest BCUT2D eigenvalue weighted by Crippen LogP contribution is -2.23. The van der Waals surface area contributed by atoms with Gasteiger partial charge in [0.25, 0.3) is 5.91 Å². The first-order valence-electron chi connectivity index (χ1n) is 4.40. The Morgan fingerprint density at radius 3 is 3.12 bits per heavy atom. The fourth-order valence-corrected chi connectivity index (χ4v) is 1.26. The average Bonchev–Trinajstić information content (AvgIpc) is 2.79. The molecule has 0 aromatic carbocycles. The maximum absolute atomic E-state index is 11.6. The molecule has 0 bridgehead atoms. The van der Waals surface area contributed by atoms with Crippen molar-refractivity contribution >= 4 is 17.5 Å². The molecule has 0 aliphatic rings. The van der Waals surface area contributed by atoms with Gasteiger partial charge in [-0.15, -0.1) is 0 Å². The van der Waals surface area contributed by atoms with E-state index in [0.29, 0.717) is 16.4 Å². The van der Waals surface area contributed by atoms with Crippen LogP contribution in [0.4, 0.5) is 0 Å². The minimum absolute atomic E-state index is 0.181. The second-order valence-corrected chi connectivity index (χ2v) is 3.29. The molecular formula is C9H7ClN4O2. The van der Waals surface area contributed by atoms with Gasteiger partial charge in [0.05, 0.1) is 17.1 Å². The van der Waals surface area contributed by atoms with Gasteiger partial charge in [0, 0.05) is 12.4 Å². The van der Waals surface area contributed by atoms with Crippen molar-refractivity contribution in [1.82, 2.24) is 20.4 Å². The summed E-state index contributed by atoms with van der Waals surface area (Å²) in [6, 6.07) is 1.55. The Kier molecular flexibility index (Phi) is 3.11. The van der Waals surface area contributed by atoms with Crippen LogP contribution in [-0.2, 0) is 6.54 Å². The number of rotatable bonds is 3. The summed E-state index contributed by atoms with van der Waals surface area (Å²) >= 11 is 5.83. The van der Waals surface area contributed by atoms with Crippen molar-refractivity contribution in [3.63, 3.8) is 0 Å². The van der Waals surface area contributed by atoms with E-state index >= 15 is 0 Å². The summed E-state index contributed by atoms with van der Waals surface area (Å²) in [5, 5.41) is 6.50. The van der Waals surface area contributed by atoms with Crippen LogP contribution >= 0.6 is 11.6 Å². The number of carbonyl (C=O) groups excluding carboxylic acids is 1. The van der Waals surface area contributed by atoms with Gasteiger partial charge in [0.2, 0.25) is 6.39 Å². The summed E-state index contributed by atoms with van der Waals surface area (Å²) in [7, 11) is 0. The molecule has 2 rings (SSSR count). The lowest BCUT2D eigenvalue weighted by molar-refractivity contribution is 0.0949. The highest BCUT2D eigenvalue weighted by Crippen LogP contribution is 2.12. The number of nitrogens with zero attached hydrogens (tertiary/aromatic N) is 3. The molecular weight excluding hydrogens is 232 g/mol. The third-order valence-electron chi connectivity index (χ3n) is 1.83. The number of hydrogen-bond acceptors (Lipinski definition) is 5. The maximum Gasteiger partial charge on any atom is 0.254 e.